The number of aryl methyl sites for hydroxylation is 2. The quantitative estimate of drug-likeness (QED) is 0.366. The van der Waals surface area contributed by atoms with E-state index in [-0.39, 0.29) is 5.91 Å². The zero-order valence-corrected chi connectivity index (χ0v) is 18.1. The van der Waals surface area contributed by atoms with Crippen molar-refractivity contribution in [3.63, 3.8) is 0 Å². The van der Waals surface area contributed by atoms with E-state index in [9.17, 15) is 4.79 Å². The largest absolute Gasteiger partial charge is 0.369 e. The SMILES string of the molecule is CCCCCCCCC(=O)Nc1ccc2c(c1)nc(N)n2CCCc1ccccc1. The highest BCUT2D eigenvalue weighted by atomic mass is 16.1. The molecule has 5 heteroatoms. The van der Waals surface area contributed by atoms with Crippen molar-refractivity contribution in [2.75, 3.05) is 11.1 Å². The standard InChI is InChI=1S/C25H34N4O/c1-2-3-4-5-6-10-15-24(30)27-21-16-17-23-22(19-21)28-25(26)29(23)18-11-14-20-12-8-7-9-13-20/h7-9,12-13,16-17,19H,2-6,10-11,14-15,18H2,1H3,(H2,26,28)(H,27,30). The maximum absolute atomic E-state index is 12.2. The number of nitrogens with one attached hydrogen (secondary N) is 1. The van der Waals surface area contributed by atoms with Crippen LogP contribution in [0, 0.1) is 0 Å². The predicted octanol–water partition coefficient (Wildman–Crippen LogP) is 5.94. The second kappa shape index (κ2) is 11.4. The molecule has 2 aromatic carbocycles. The average Bonchev–Trinajstić information content (AvgIpc) is 3.06. The number of hydrogen-bond acceptors (Lipinski definition) is 3. The lowest BCUT2D eigenvalue weighted by atomic mass is 10.1. The van der Waals surface area contributed by atoms with Crippen LogP contribution in [0.4, 0.5) is 11.6 Å². The summed E-state index contributed by atoms with van der Waals surface area (Å²) in [4.78, 5) is 16.7. The Hall–Kier alpha value is -2.82. The number of nitrogens with zero attached hydrogens (tertiary/aromatic N) is 2. The lowest BCUT2D eigenvalue weighted by molar-refractivity contribution is -0.116. The lowest BCUT2D eigenvalue weighted by Crippen LogP contribution is -2.11. The predicted molar refractivity (Wildman–Crippen MR) is 126 cm³/mol. The minimum atomic E-state index is 0.0695. The number of carbonyl (C=O) groups excluding carboxylic acids is 1. The van der Waals surface area contributed by atoms with Crippen molar-refractivity contribution in [3.8, 4) is 0 Å². The second-order valence-electron chi connectivity index (χ2n) is 7.98. The molecule has 0 aliphatic heterocycles. The number of aromatic nitrogens is 2. The molecule has 5 nitrogen and oxygen atoms in total. The van der Waals surface area contributed by atoms with Gasteiger partial charge in [-0.2, -0.15) is 0 Å². The third kappa shape index (κ3) is 6.34. The van der Waals surface area contributed by atoms with Crippen molar-refractivity contribution in [2.24, 2.45) is 0 Å². The average molecular weight is 407 g/mol. The minimum absolute atomic E-state index is 0.0695. The monoisotopic (exact) mass is 406 g/mol. The van der Waals surface area contributed by atoms with Crippen molar-refractivity contribution >= 4 is 28.6 Å². The van der Waals surface area contributed by atoms with E-state index in [1.54, 1.807) is 0 Å². The molecule has 0 unspecified atom stereocenters. The summed E-state index contributed by atoms with van der Waals surface area (Å²) in [5.41, 5.74) is 10.1. The molecule has 0 saturated carbocycles. The lowest BCUT2D eigenvalue weighted by Gasteiger charge is -2.08. The van der Waals surface area contributed by atoms with Crippen LogP contribution >= 0.6 is 0 Å². The fraction of sp³-hybridized carbons (Fsp3) is 0.440. The topological polar surface area (TPSA) is 72.9 Å². The third-order valence-electron chi connectivity index (χ3n) is 5.51. The first-order chi connectivity index (χ1) is 14.7. The first kappa shape index (κ1) is 21.9. The van der Waals surface area contributed by atoms with Crippen LogP contribution in [0.15, 0.2) is 48.5 Å². The van der Waals surface area contributed by atoms with Crippen LogP contribution in [0.1, 0.15) is 63.9 Å². The van der Waals surface area contributed by atoms with Gasteiger partial charge >= 0.3 is 0 Å². The molecule has 30 heavy (non-hydrogen) atoms. The van der Waals surface area contributed by atoms with Gasteiger partial charge in [0.1, 0.15) is 0 Å². The number of anilines is 2. The van der Waals surface area contributed by atoms with E-state index in [2.05, 4.69) is 46.1 Å². The van der Waals surface area contributed by atoms with Gasteiger partial charge in [-0.1, -0.05) is 69.4 Å². The van der Waals surface area contributed by atoms with Crippen molar-refractivity contribution in [1.29, 1.82) is 0 Å². The van der Waals surface area contributed by atoms with Gasteiger partial charge in [0.05, 0.1) is 11.0 Å². The van der Waals surface area contributed by atoms with Gasteiger partial charge in [0.2, 0.25) is 11.9 Å². The highest BCUT2D eigenvalue weighted by Gasteiger charge is 2.10. The van der Waals surface area contributed by atoms with Crippen LogP contribution in [0.25, 0.3) is 11.0 Å². The first-order valence-electron chi connectivity index (χ1n) is 11.3. The summed E-state index contributed by atoms with van der Waals surface area (Å²) in [6, 6.07) is 16.3. The van der Waals surface area contributed by atoms with Gasteiger partial charge in [0.25, 0.3) is 0 Å². The van der Waals surface area contributed by atoms with E-state index in [0.29, 0.717) is 12.4 Å². The van der Waals surface area contributed by atoms with Crippen LogP contribution in [0.2, 0.25) is 0 Å². The van der Waals surface area contributed by atoms with E-state index in [1.807, 2.05) is 24.3 Å². The van der Waals surface area contributed by atoms with Crippen LogP contribution in [-0.4, -0.2) is 15.5 Å². The molecule has 3 N–H and O–H groups in total. The number of nitrogens with two attached hydrogens (primary N) is 1. The molecule has 3 rings (SSSR count). The van der Waals surface area contributed by atoms with Crippen molar-refractivity contribution in [1.82, 2.24) is 9.55 Å². The molecule has 0 radical (unpaired) electrons. The van der Waals surface area contributed by atoms with Gasteiger partial charge in [0.15, 0.2) is 0 Å². The molecule has 1 heterocycles. The normalized spacial score (nSPS) is 11.1. The highest BCUT2D eigenvalue weighted by molar-refractivity contribution is 5.93. The number of rotatable bonds is 12. The van der Waals surface area contributed by atoms with Crippen molar-refractivity contribution in [2.45, 2.75) is 71.3 Å². The first-order valence-corrected chi connectivity index (χ1v) is 11.3. The molecular weight excluding hydrogens is 372 g/mol. The summed E-state index contributed by atoms with van der Waals surface area (Å²) in [6.45, 7) is 3.03. The van der Waals surface area contributed by atoms with Gasteiger partial charge in [-0.05, 0) is 43.0 Å². The molecule has 0 atom stereocenters. The molecule has 0 saturated heterocycles. The number of unbranched alkanes of at least 4 members (excludes halogenated alkanes) is 5. The van der Waals surface area contributed by atoms with E-state index in [0.717, 1.165) is 48.9 Å². The maximum Gasteiger partial charge on any atom is 0.224 e. The van der Waals surface area contributed by atoms with Crippen LogP contribution in [0.3, 0.4) is 0 Å². The fourth-order valence-electron chi connectivity index (χ4n) is 3.84. The number of hydrogen-bond donors (Lipinski definition) is 2. The molecular formula is C25H34N4O. The van der Waals surface area contributed by atoms with Gasteiger partial charge in [-0.25, -0.2) is 4.98 Å². The smallest absolute Gasteiger partial charge is 0.224 e. The van der Waals surface area contributed by atoms with Gasteiger partial charge in [0, 0.05) is 18.7 Å². The van der Waals surface area contributed by atoms with E-state index in [1.165, 1.54) is 31.2 Å². The summed E-state index contributed by atoms with van der Waals surface area (Å²) < 4.78 is 2.06. The Morgan fingerprint density at radius 1 is 1.00 bits per heavy atom. The van der Waals surface area contributed by atoms with Crippen LogP contribution < -0.4 is 11.1 Å². The molecule has 1 aromatic heterocycles. The Labute approximate surface area is 179 Å². The number of amides is 1. The number of imidazole rings is 1. The minimum Gasteiger partial charge on any atom is -0.369 e. The van der Waals surface area contributed by atoms with Crippen molar-refractivity contribution < 1.29 is 4.79 Å². The molecule has 0 aliphatic carbocycles. The molecule has 160 valence electrons. The van der Waals surface area contributed by atoms with E-state index in [4.69, 9.17) is 5.73 Å². The summed E-state index contributed by atoms with van der Waals surface area (Å²) in [7, 11) is 0. The molecule has 0 bridgehead atoms. The Bertz CT molecular complexity index is 933. The van der Waals surface area contributed by atoms with Crippen LogP contribution in [-0.2, 0) is 17.8 Å². The van der Waals surface area contributed by atoms with Crippen molar-refractivity contribution in [3.05, 3.63) is 54.1 Å². The van der Waals surface area contributed by atoms with Gasteiger partial charge < -0.3 is 15.6 Å². The van der Waals surface area contributed by atoms with E-state index < -0.39 is 0 Å². The summed E-state index contributed by atoms with van der Waals surface area (Å²) in [5.74, 6) is 0.591. The number of nitrogen functional groups attached to an aromatic ring is 1. The summed E-state index contributed by atoms with van der Waals surface area (Å²) >= 11 is 0. The third-order valence-corrected chi connectivity index (χ3v) is 5.51. The van der Waals surface area contributed by atoms with E-state index >= 15 is 0 Å². The van der Waals surface area contributed by atoms with Gasteiger partial charge in [-0.15, -0.1) is 0 Å². The van der Waals surface area contributed by atoms with Gasteiger partial charge in [-0.3, -0.25) is 4.79 Å². The summed E-state index contributed by atoms with van der Waals surface area (Å²) in [6.07, 6.45) is 9.66. The zero-order valence-electron chi connectivity index (χ0n) is 18.1. The highest BCUT2D eigenvalue weighted by Crippen LogP contribution is 2.23. The Kier molecular flexibility index (Phi) is 8.30. The maximum atomic E-state index is 12.2. The Balaban J connectivity index is 1.52. The second-order valence-corrected chi connectivity index (χ2v) is 7.98. The Morgan fingerprint density at radius 2 is 1.77 bits per heavy atom. The number of carbonyl (C=O) groups is 1. The molecule has 1 amide bonds. The Morgan fingerprint density at radius 3 is 2.57 bits per heavy atom. The number of benzene rings is 2. The molecule has 0 aliphatic rings. The fourth-order valence-corrected chi connectivity index (χ4v) is 3.84. The molecule has 0 fully saturated rings. The van der Waals surface area contributed by atoms with Crippen LogP contribution in [0.5, 0.6) is 0 Å². The zero-order chi connectivity index (χ0) is 21.2. The number of fused-ring (bicyclic) bond motifs is 1. The summed E-state index contributed by atoms with van der Waals surface area (Å²) in [5, 5.41) is 3.00. The molecule has 0 spiro atoms. The molecule has 3 aromatic rings.